The summed E-state index contributed by atoms with van der Waals surface area (Å²) >= 11 is 5.98. The fourth-order valence-electron chi connectivity index (χ4n) is 3.43. The molecule has 5 nitrogen and oxygen atoms in total. The highest BCUT2D eigenvalue weighted by Gasteiger charge is 2.42. The van der Waals surface area contributed by atoms with Crippen LogP contribution in [0.5, 0.6) is 0 Å². The van der Waals surface area contributed by atoms with Crippen LogP contribution in [0.3, 0.4) is 0 Å². The van der Waals surface area contributed by atoms with Crippen molar-refractivity contribution in [1.29, 1.82) is 0 Å². The van der Waals surface area contributed by atoms with E-state index in [2.05, 4.69) is 0 Å². The summed E-state index contributed by atoms with van der Waals surface area (Å²) in [5, 5.41) is 10.2. The molecule has 1 N–H and O–H groups in total. The Hall–Kier alpha value is -2.63. The summed E-state index contributed by atoms with van der Waals surface area (Å²) in [4.78, 5) is 27.6. The number of aliphatic hydroxyl groups excluding tert-OH is 1. The number of carbonyl (C=O) groups excluding carboxylic acids is 1. The molecule has 132 valence electrons. The van der Waals surface area contributed by atoms with Crippen molar-refractivity contribution in [3.05, 3.63) is 80.7 Å². The topological polar surface area (TPSA) is 70.8 Å². The summed E-state index contributed by atoms with van der Waals surface area (Å²) in [6.45, 7) is 0.277. The maximum absolute atomic E-state index is 13.1. The van der Waals surface area contributed by atoms with E-state index in [9.17, 15) is 14.7 Å². The van der Waals surface area contributed by atoms with E-state index in [1.165, 1.54) is 0 Å². The van der Waals surface area contributed by atoms with Crippen LogP contribution in [0.25, 0.3) is 11.0 Å². The molecular weight excluding hydrogens is 354 g/mol. The zero-order chi connectivity index (χ0) is 18.3. The number of hydrogen-bond acceptors (Lipinski definition) is 4. The van der Waals surface area contributed by atoms with Gasteiger partial charge in [-0.25, -0.2) is 0 Å². The SMILES string of the molecule is O=C1c2oc3ccccc3c(=O)c2[C@@H](c2ccc(Cl)cc2)N1CCCO. The van der Waals surface area contributed by atoms with Crippen LogP contribution in [0.15, 0.2) is 57.7 Å². The molecule has 1 atom stereocenters. The summed E-state index contributed by atoms with van der Waals surface area (Å²) in [7, 11) is 0. The van der Waals surface area contributed by atoms with Gasteiger partial charge in [-0.2, -0.15) is 0 Å². The third-order valence-electron chi connectivity index (χ3n) is 4.62. The van der Waals surface area contributed by atoms with Gasteiger partial charge in [0.2, 0.25) is 5.76 Å². The Kier molecular flexibility index (Phi) is 4.26. The fourth-order valence-corrected chi connectivity index (χ4v) is 3.56. The second kappa shape index (κ2) is 6.59. The van der Waals surface area contributed by atoms with Crippen molar-refractivity contribution in [2.75, 3.05) is 13.2 Å². The van der Waals surface area contributed by atoms with Gasteiger partial charge in [0.05, 0.1) is 17.0 Å². The lowest BCUT2D eigenvalue weighted by Crippen LogP contribution is -2.31. The summed E-state index contributed by atoms with van der Waals surface area (Å²) in [6, 6.07) is 13.4. The molecule has 0 unspecified atom stereocenters. The number of hydrogen-bond donors (Lipinski definition) is 1. The number of fused-ring (bicyclic) bond motifs is 2. The number of nitrogens with zero attached hydrogens (tertiary/aromatic N) is 1. The molecule has 0 aliphatic carbocycles. The van der Waals surface area contributed by atoms with Crippen LogP contribution in [0.2, 0.25) is 5.02 Å². The van der Waals surface area contributed by atoms with Crippen LogP contribution in [0, 0.1) is 0 Å². The number of carbonyl (C=O) groups is 1. The van der Waals surface area contributed by atoms with Crippen molar-refractivity contribution in [2.45, 2.75) is 12.5 Å². The number of amides is 1. The highest BCUT2D eigenvalue weighted by molar-refractivity contribution is 6.30. The van der Waals surface area contributed by atoms with E-state index in [1.807, 2.05) is 0 Å². The molecule has 0 saturated carbocycles. The quantitative estimate of drug-likeness (QED) is 0.765. The van der Waals surface area contributed by atoms with Crippen molar-refractivity contribution in [1.82, 2.24) is 4.90 Å². The minimum atomic E-state index is -0.554. The maximum Gasteiger partial charge on any atom is 0.290 e. The van der Waals surface area contributed by atoms with Crippen molar-refractivity contribution in [3.8, 4) is 0 Å². The normalized spacial score (nSPS) is 16.3. The van der Waals surface area contributed by atoms with Gasteiger partial charge < -0.3 is 14.4 Å². The zero-order valence-corrected chi connectivity index (χ0v) is 14.6. The molecule has 6 heteroatoms. The number of aliphatic hydroxyl groups is 1. The van der Waals surface area contributed by atoms with E-state index in [-0.39, 0.29) is 23.7 Å². The first-order valence-corrected chi connectivity index (χ1v) is 8.72. The Morgan fingerprint density at radius 2 is 1.81 bits per heavy atom. The van der Waals surface area contributed by atoms with Gasteiger partial charge in [0.15, 0.2) is 5.43 Å². The summed E-state index contributed by atoms with van der Waals surface area (Å²) < 4.78 is 5.80. The third kappa shape index (κ3) is 2.60. The molecule has 1 aromatic heterocycles. The van der Waals surface area contributed by atoms with Gasteiger partial charge in [0.1, 0.15) is 5.58 Å². The number of para-hydroxylation sites is 1. The van der Waals surface area contributed by atoms with Gasteiger partial charge in [0, 0.05) is 18.2 Å². The molecule has 0 fully saturated rings. The summed E-state index contributed by atoms with van der Waals surface area (Å²) in [6.07, 6.45) is 0.414. The number of halogens is 1. The lowest BCUT2D eigenvalue weighted by Gasteiger charge is -2.24. The van der Waals surface area contributed by atoms with Crippen LogP contribution in [0.1, 0.15) is 34.1 Å². The Labute approximate surface area is 154 Å². The number of rotatable bonds is 4. The molecule has 1 aliphatic heterocycles. The predicted octanol–water partition coefficient (Wildman–Crippen LogP) is 3.37. The average molecular weight is 370 g/mol. The van der Waals surface area contributed by atoms with E-state index >= 15 is 0 Å². The van der Waals surface area contributed by atoms with Crippen LogP contribution >= 0.6 is 11.6 Å². The van der Waals surface area contributed by atoms with Gasteiger partial charge in [-0.15, -0.1) is 0 Å². The van der Waals surface area contributed by atoms with Crippen LogP contribution in [0.4, 0.5) is 0 Å². The smallest absolute Gasteiger partial charge is 0.290 e. The first kappa shape index (κ1) is 16.8. The van der Waals surface area contributed by atoms with Crippen molar-refractivity contribution < 1.29 is 14.3 Å². The Morgan fingerprint density at radius 1 is 1.08 bits per heavy atom. The van der Waals surface area contributed by atoms with Crippen molar-refractivity contribution >= 4 is 28.5 Å². The van der Waals surface area contributed by atoms with Crippen LogP contribution in [-0.2, 0) is 0 Å². The lowest BCUT2D eigenvalue weighted by atomic mass is 9.98. The molecule has 0 bridgehead atoms. The largest absolute Gasteiger partial charge is 0.450 e. The van der Waals surface area contributed by atoms with E-state index in [4.69, 9.17) is 16.0 Å². The molecule has 26 heavy (non-hydrogen) atoms. The Bertz CT molecular complexity index is 1040. The molecule has 4 rings (SSSR count). The molecule has 2 heterocycles. The van der Waals surface area contributed by atoms with Crippen molar-refractivity contribution in [3.63, 3.8) is 0 Å². The average Bonchev–Trinajstić information content (AvgIpc) is 2.93. The predicted molar refractivity (Wildman–Crippen MR) is 98.5 cm³/mol. The molecule has 1 aliphatic rings. The van der Waals surface area contributed by atoms with Gasteiger partial charge >= 0.3 is 0 Å². The molecule has 3 aromatic rings. The molecule has 0 radical (unpaired) electrons. The standard InChI is InChI=1S/C20H16ClNO4/c21-13-8-6-12(7-9-13)17-16-18(24)14-4-1-2-5-15(14)26-19(16)20(25)22(17)10-3-11-23/h1-2,4-9,17,23H,3,10-11H2/t17-/m1/s1. The van der Waals surface area contributed by atoms with Gasteiger partial charge in [0.25, 0.3) is 5.91 Å². The lowest BCUT2D eigenvalue weighted by molar-refractivity contribution is 0.0716. The summed E-state index contributed by atoms with van der Waals surface area (Å²) in [5.74, 6) is -0.261. The van der Waals surface area contributed by atoms with E-state index < -0.39 is 6.04 Å². The molecule has 1 amide bonds. The first-order valence-electron chi connectivity index (χ1n) is 8.35. The van der Waals surface area contributed by atoms with Gasteiger partial charge in [-0.05, 0) is 36.2 Å². The van der Waals surface area contributed by atoms with E-state index in [1.54, 1.807) is 53.4 Å². The fraction of sp³-hybridized carbons (Fsp3) is 0.200. The summed E-state index contributed by atoms with van der Waals surface area (Å²) in [5.41, 5.74) is 1.31. The molecule has 0 spiro atoms. The Morgan fingerprint density at radius 3 is 2.54 bits per heavy atom. The second-order valence-corrected chi connectivity index (χ2v) is 6.64. The zero-order valence-electron chi connectivity index (χ0n) is 13.8. The maximum atomic E-state index is 13.1. The Balaban J connectivity index is 1.96. The molecule has 0 saturated heterocycles. The van der Waals surface area contributed by atoms with E-state index in [0.717, 1.165) is 5.56 Å². The second-order valence-electron chi connectivity index (χ2n) is 6.20. The van der Waals surface area contributed by atoms with Crippen molar-refractivity contribution in [2.24, 2.45) is 0 Å². The minimum Gasteiger partial charge on any atom is -0.450 e. The number of benzene rings is 2. The van der Waals surface area contributed by atoms with E-state index in [0.29, 0.717) is 34.5 Å². The highest BCUT2D eigenvalue weighted by Crippen LogP contribution is 2.38. The highest BCUT2D eigenvalue weighted by atomic mass is 35.5. The third-order valence-corrected chi connectivity index (χ3v) is 4.87. The van der Waals surface area contributed by atoms with Crippen LogP contribution < -0.4 is 5.43 Å². The van der Waals surface area contributed by atoms with Gasteiger partial charge in [-0.1, -0.05) is 35.9 Å². The van der Waals surface area contributed by atoms with Gasteiger partial charge in [-0.3, -0.25) is 9.59 Å². The first-order chi connectivity index (χ1) is 12.6. The van der Waals surface area contributed by atoms with Crippen LogP contribution in [-0.4, -0.2) is 29.1 Å². The molecular formula is C20H16ClNO4. The molecule has 2 aromatic carbocycles. The minimum absolute atomic E-state index is 0.0448. The monoisotopic (exact) mass is 369 g/mol.